The number of aliphatic imine (C=N–C) groups is 1. The summed E-state index contributed by atoms with van der Waals surface area (Å²) in [6.45, 7) is 1.58. The minimum Gasteiger partial charge on any atom is -0.477 e. The number of hydrogen-bond donors (Lipinski definition) is 4. The average Bonchev–Trinajstić information content (AvgIpc) is 2.67. The maximum atomic E-state index is 12.7. The number of amides is 2. The van der Waals surface area contributed by atoms with Crippen molar-refractivity contribution < 1.29 is 34.1 Å². The van der Waals surface area contributed by atoms with Crippen LogP contribution in [0.25, 0.3) is 0 Å². The summed E-state index contributed by atoms with van der Waals surface area (Å²) in [5.74, 6) is -2.52. The number of nitrogens with one attached hydrogen (secondary N) is 1. The van der Waals surface area contributed by atoms with Crippen LogP contribution in [0.5, 0.6) is 0 Å². The van der Waals surface area contributed by atoms with Crippen LogP contribution in [0.2, 0.25) is 0 Å². The molecule has 10 nitrogen and oxygen atoms in total. The Morgan fingerprint density at radius 3 is 2.59 bits per heavy atom. The number of nitrogens with two attached hydrogens (primary N) is 1. The zero-order valence-corrected chi connectivity index (χ0v) is 16.2. The zero-order valence-electron chi connectivity index (χ0n) is 16.2. The highest BCUT2D eigenvalue weighted by Crippen LogP contribution is 2.30. The molecule has 1 fully saturated rings. The van der Waals surface area contributed by atoms with Crippen LogP contribution in [0.4, 0.5) is 0 Å². The third-order valence-electron chi connectivity index (χ3n) is 5.63. The fourth-order valence-electron chi connectivity index (χ4n) is 4.26. The molecule has 5 atom stereocenters. The van der Waals surface area contributed by atoms with Crippen molar-refractivity contribution >= 4 is 23.7 Å². The number of aliphatic hydroxyl groups is 1. The highest BCUT2D eigenvalue weighted by atomic mass is 16.6. The Bertz CT molecular complexity index is 729. The highest BCUT2D eigenvalue weighted by Gasteiger charge is 2.45. The lowest BCUT2D eigenvalue weighted by atomic mass is 9.83. The zero-order chi connectivity index (χ0) is 21.1. The smallest absolute Gasteiger partial charge is 0.370 e. The molecular formula is C19H27N3O7. The molecule has 160 valence electrons. The molecule has 0 aromatic heterocycles. The number of aliphatic carboxylic acids is 1. The fourth-order valence-corrected chi connectivity index (χ4v) is 4.26. The first kappa shape index (κ1) is 21.1. The lowest BCUT2D eigenvalue weighted by Crippen LogP contribution is -2.55. The molecule has 3 aliphatic rings. The number of carboxylic acids is 1. The van der Waals surface area contributed by atoms with Gasteiger partial charge in [-0.3, -0.25) is 9.59 Å². The Morgan fingerprint density at radius 2 is 1.97 bits per heavy atom. The van der Waals surface area contributed by atoms with Crippen LogP contribution in [-0.4, -0.2) is 64.3 Å². The monoisotopic (exact) mass is 409 g/mol. The van der Waals surface area contributed by atoms with Gasteiger partial charge in [-0.15, -0.1) is 0 Å². The minimum absolute atomic E-state index is 0.00261. The van der Waals surface area contributed by atoms with Crippen molar-refractivity contribution in [1.29, 1.82) is 0 Å². The van der Waals surface area contributed by atoms with Crippen molar-refractivity contribution in [2.45, 2.75) is 75.8 Å². The number of carbonyl (C=O) groups excluding carboxylic acids is 2. The maximum absolute atomic E-state index is 12.7. The number of aliphatic hydroxyl groups excluding tert-OH is 1. The Labute approximate surface area is 168 Å². The van der Waals surface area contributed by atoms with Gasteiger partial charge in [-0.1, -0.05) is 19.3 Å². The van der Waals surface area contributed by atoms with Crippen molar-refractivity contribution in [3.05, 3.63) is 11.8 Å². The fraction of sp³-hybridized carbons (Fsp3) is 0.684. The molecule has 1 aliphatic carbocycles. The lowest BCUT2D eigenvalue weighted by molar-refractivity contribution is -0.143. The molecule has 4 unspecified atom stereocenters. The van der Waals surface area contributed by atoms with E-state index in [1.807, 2.05) is 0 Å². The van der Waals surface area contributed by atoms with Crippen molar-refractivity contribution in [3.8, 4) is 0 Å². The van der Waals surface area contributed by atoms with Crippen LogP contribution < -0.4 is 11.1 Å². The van der Waals surface area contributed by atoms with Gasteiger partial charge in [0, 0.05) is 6.92 Å². The summed E-state index contributed by atoms with van der Waals surface area (Å²) in [5.41, 5.74) is 5.51. The second-order valence-corrected chi connectivity index (χ2v) is 7.75. The van der Waals surface area contributed by atoms with Gasteiger partial charge in [-0.05, 0) is 24.8 Å². The van der Waals surface area contributed by atoms with E-state index in [-0.39, 0.29) is 18.2 Å². The van der Waals surface area contributed by atoms with Gasteiger partial charge in [0.1, 0.15) is 24.3 Å². The Kier molecular flexibility index (Phi) is 6.41. The summed E-state index contributed by atoms with van der Waals surface area (Å²) in [6, 6.07) is -1.54. The summed E-state index contributed by atoms with van der Waals surface area (Å²) in [6.07, 6.45) is 2.64. The van der Waals surface area contributed by atoms with Crippen molar-refractivity contribution in [2.75, 3.05) is 0 Å². The molecule has 0 aromatic carbocycles. The molecule has 3 rings (SSSR count). The molecule has 2 amide bonds. The van der Waals surface area contributed by atoms with Gasteiger partial charge < -0.3 is 30.7 Å². The number of fused-ring (bicyclic) bond motifs is 1. The van der Waals surface area contributed by atoms with Crippen LogP contribution >= 0.6 is 0 Å². The van der Waals surface area contributed by atoms with Crippen LogP contribution in [-0.2, 0) is 23.9 Å². The van der Waals surface area contributed by atoms with E-state index in [9.17, 15) is 24.6 Å². The quantitative estimate of drug-likeness (QED) is 0.474. The third-order valence-corrected chi connectivity index (χ3v) is 5.63. The number of primary amides is 1. The molecule has 10 heteroatoms. The summed E-state index contributed by atoms with van der Waals surface area (Å²) in [7, 11) is 0. The molecule has 0 spiro atoms. The predicted molar refractivity (Wildman–Crippen MR) is 101 cm³/mol. The summed E-state index contributed by atoms with van der Waals surface area (Å²) in [4.78, 5) is 40.0. The summed E-state index contributed by atoms with van der Waals surface area (Å²) >= 11 is 0. The second kappa shape index (κ2) is 8.81. The van der Waals surface area contributed by atoms with Crippen molar-refractivity contribution in [2.24, 2.45) is 16.6 Å². The molecule has 29 heavy (non-hydrogen) atoms. The van der Waals surface area contributed by atoms with Crippen LogP contribution in [0, 0.1) is 5.92 Å². The first-order chi connectivity index (χ1) is 13.8. The number of rotatable bonds is 6. The van der Waals surface area contributed by atoms with Crippen LogP contribution in [0.3, 0.4) is 0 Å². The topological polar surface area (TPSA) is 161 Å². The van der Waals surface area contributed by atoms with Gasteiger partial charge in [0.2, 0.25) is 17.6 Å². The number of carbonyl (C=O) groups is 3. The molecule has 0 radical (unpaired) electrons. The van der Waals surface area contributed by atoms with Crippen molar-refractivity contribution in [3.63, 3.8) is 0 Å². The average molecular weight is 409 g/mol. The third kappa shape index (κ3) is 4.87. The SMILES string of the molecule is CC1=NC2C(O)C=C(C(=O)O)OC2C(CC(=O)N[C@@H](C(N)=O)C2CCCCC2)O1. The molecule has 2 heterocycles. The van der Waals surface area contributed by atoms with E-state index in [1.165, 1.54) is 0 Å². The standard InChI is InChI=1S/C19H27N3O7/c1-9-21-16-11(23)7-13(19(26)27)29-17(16)12(28-9)8-14(24)22-15(18(20)25)10-5-3-2-4-6-10/h7,10-12,15-17,23H,2-6,8H2,1H3,(H2,20,25)(H,22,24)(H,26,27)/t11?,12?,15-,16?,17?/m1/s1. The lowest BCUT2D eigenvalue weighted by Gasteiger charge is -2.39. The number of nitrogens with zero attached hydrogens (tertiary/aromatic N) is 1. The largest absolute Gasteiger partial charge is 0.477 e. The van der Waals surface area contributed by atoms with E-state index in [0.29, 0.717) is 0 Å². The van der Waals surface area contributed by atoms with E-state index in [2.05, 4.69) is 10.3 Å². The van der Waals surface area contributed by atoms with Gasteiger partial charge in [0.05, 0.1) is 6.42 Å². The van der Waals surface area contributed by atoms with E-state index >= 15 is 0 Å². The van der Waals surface area contributed by atoms with E-state index in [1.54, 1.807) is 6.92 Å². The molecular weight excluding hydrogens is 382 g/mol. The van der Waals surface area contributed by atoms with Gasteiger partial charge in [0.15, 0.2) is 12.0 Å². The summed E-state index contributed by atoms with van der Waals surface area (Å²) < 4.78 is 11.1. The highest BCUT2D eigenvalue weighted by molar-refractivity contribution is 5.87. The van der Waals surface area contributed by atoms with Gasteiger partial charge in [-0.2, -0.15) is 0 Å². The first-order valence-corrected chi connectivity index (χ1v) is 9.86. The second-order valence-electron chi connectivity index (χ2n) is 7.75. The van der Waals surface area contributed by atoms with Crippen molar-refractivity contribution in [1.82, 2.24) is 5.32 Å². The number of hydrogen-bond acceptors (Lipinski definition) is 7. The Hall–Kier alpha value is -2.62. The Morgan fingerprint density at radius 1 is 1.28 bits per heavy atom. The number of carboxylic acid groups (broad SMARTS) is 1. The molecule has 0 bridgehead atoms. The Balaban J connectivity index is 1.70. The molecule has 1 saturated carbocycles. The first-order valence-electron chi connectivity index (χ1n) is 9.86. The number of ether oxygens (including phenoxy) is 2. The van der Waals surface area contributed by atoms with E-state index < -0.39 is 53.9 Å². The van der Waals surface area contributed by atoms with Crippen LogP contribution in [0.1, 0.15) is 45.4 Å². The minimum atomic E-state index is -1.33. The normalized spacial score (nSPS) is 30.6. The molecule has 2 aliphatic heterocycles. The predicted octanol–water partition coefficient (Wildman–Crippen LogP) is -0.159. The molecule has 5 N–H and O–H groups in total. The summed E-state index contributed by atoms with van der Waals surface area (Å²) in [5, 5.41) is 22.1. The molecule has 0 aromatic rings. The molecule has 0 saturated heterocycles. The van der Waals surface area contributed by atoms with E-state index in [4.69, 9.17) is 15.2 Å². The maximum Gasteiger partial charge on any atom is 0.370 e. The van der Waals surface area contributed by atoms with Gasteiger partial charge in [-0.25, -0.2) is 9.79 Å². The van der Waals surface area contributed by atoms with Gasteiger partial charge in [0.25, 0.3) is 0 Å². The van der Waals surface area contributed by atoms with E-state index in [0.717, 1.165) is 38.2 Å². The van der Waals surface area contributed by atoms with Crippen LogP contribution in [0.15, 0.2) is 16.8 Å². The van der Waals surface area contributed by atoms with Gasteiger partial charge >= 0.3 is 5.97 Å².